The van der Waals surface area contributed by atoms with Gasteiger partial charge < -0.3 is 10.6 Å². The summed E-state index contributed by atoms with van der Waals surface area (Å²) >= 11 is 1.43. The number of aromatic nitrogens is 1. The molecule has 1 heterocycles. The number of benzene rings is 1. The van der Waals surface area contributed by atoms with Crippen LogP contribution in [0.3, 0.4) is 0 Å². The second-order valence-corrected chi connectivity index (χ2v) is 10.7. The van der Waals surface area contributed by atoms with Gasteiger partial charge in [-0.3, -0.25) is 9.59 Å². The Morgan fingerprint density at radius 3 is 2.35 bits per heavy atom. The molecule has 1 aromatic carbocycles. The SMILES string of the molecule is Cc1cccc(NC(=O)c2ccccc2SCC(=O)NC23CC4CC(CC(C4)C2)C3)n1. The van der Waals surface area contributed by atoms with Crippen molar-refractivity contribution in [3.05, 3.63) is 53.7 Å². The third-order valence-corrected chi connectivity index (χ3v) is 8.14. The van der Waals surface area contributed by atoms with Gasteiger partial charge in [-0.1, -0.05) is 18.2 Å². The number of aryl methyl sites for hydroxylation is 1. The fourth-order valence-electron chi connectivity index (χ4n) is 6.32. The average molecular weight is 436 g/mol. The molecule has 5 nitrogen and oxygen atoms in total. The van der Waals surface area contributed by atoms with E-state index in [1.807, 2.05) is 37.3 Å². The van der Waals surface area contributed by atoms with Gasteiger partial charge >= 0.3 is 0 Å². The summed E-state index contributed by atoms with van der Waals surface area (Å²) in [4.78, 5) is 30.8. The molecule has 2 amide bonds. The van der Waals surface area contributed by atoms with Crippen LogP contribution in [0.15, 0.2) is 47.4 Å². The molecule has 0 aliphatic heterocycles. The fraction of sp³-hybridized carbons (Fsp3) is 0.480. The van der Waals surface area contributed by atoms with Crippen molar-refractivity contribution in [2.24, 2.45) is 17.8 Å². The minimum Gasteiger partial charge on any atom is -0.350 e. The largest absolute Gasteiger partial charge is 0.350 e. The number of thioether (sulfide) groups is 1. The molecule has 0 spiro atoms. The lowest BCUT2D eigenvalue weighted by atomic mass is 9.53. The summed E-state index contributed by atoms with van der Waals surface area (Å²) in [5, 5.41) is 6.29. The van der Waals surface area contributed by atoms with Crippen molar-refractivity contribution in [2.75, 3.05) is 11.1 Å². The van der Waals surface area contributed by atoms with E-state index in [0.29, 0.717) is 17.1 Å². The fourth-order valence-corrected chi connectivity index (χ4v) is 7.17. The summed E-state index contributed by atoms with van der Waals surface area (Å²) in [7, 11) is 0. The number of hydrogen-bond acceptors (Lipinski definition) is 4. The normalized spacial score (nSPS) is 28.4. The Morgan fingerprint density at radius 2 is 1.68 bits per heavy atom. The van der Waals surface area contributed by atoms with Gasteiger partial charge in [0.15, 0.2) is 0 Å². The highest BCUT2D eigenvalue weighted by atomic mass is 32.2. The second kappa shape index (κ2) is 8.30. The Labute approximate surface area is 187 Å². The number of rotatable bonds is 6. The minimum atomic E-state index is -0.206. The van der Waals surface area contributed by atoms with Crippen LogP contribution in [0.1, 0.15) is 54.6 Å². The smallest absolute Gasteiger partial charge is 0.257 e. The maximum absolute atomic E-state index is 12.9. The van der Waals surface area contributed by atoms with Crippen molar-refractivity contribution in [3.63, 3.8) is 0 Å². The van der Waals surface area contributed by atoms with Crippen molar-refractivity contribution < 1.29 is 9.59 Å². The van der Waals surface area contributed by atoms with E-state index in [1.165, 1.54) is 31.0 Å². The summed E-state index contributed by atoms with van der Waals surface area (Å²) in [6.07, 6.45) is 7.54. The van der Waals surface area contributed by atoms with Gasteiger partial charge in [0.1, 0.15) is 5.82 Å². The molecule has 2 N–H and O–H groups in total. The van der Waals surface area contributed by atoms with Crippen LogP contribution in [-0.2, 0) is 4.79 Å². The first-order valence-corrected chi connectivity index (χ1v) is 12.2. The van der Waals surface area contributed by atoms with Gasteiger partial charge in [-0.15, -0.1) is 11.8 Å². The van der Waals surface area contributed by atoms with Gasteiger partial charge in [0.2, 0.25) is 5.91 Å². The van der Waals surface area contributed by atoms with Gasteiger partial charge in [0.05, 0.1) is 11.3 Å². The van der Waals surface area contributed by atoms with Crippen LogP contribution >= 0.6 is 11.8 Å². The molecule has 6 rings (SSSR count). The number of carbonyl (C=O) groups excluding carboxylic acids is 2. The quantitative estimate of drug-likeness (QED) is 0.638. The molecule has 4 fully saturated rings. The van der Waals surface area contributed by atoms with E-state index in [9.17, 15) is 9.59 Å². The first kappa shape index (κ1) is 20.6. The van der Waals surface area contributed by atoms with Crippen LogP contribution in [0.4, 0.5) is 5.82 Å². The topological polar surface area (TPSA) is 71.1 Å². The third kappa shape index (κ3) is 4.49. The maximum atomic E-state index is 12.9. The number of nitrogens with one attached hydrogen (secondary N) is 2. The Kier molecular flexibility index (Phi) is 5.51. The number of nitrogens with zero attached hydrogens (tertiary/aromatic N) is 1. The summed E-state index contributed by atoms with van der Waals surface area (Å²) < 4.78 is 0. The molecule has 2 aromatic rings. The number of carbonyl (C=O) groups is 2. The molecule has 4 aliphatic rings. The zero-order chi connectivity index (χ0) is 21.4. The van der Waals surface area contributed by atoms with Crippen molar-refractivity contribution in [1.82, 2.24) is 10.3 Å². The summed E-state index contributed by atoms with van der Waals surface area (Å²) in [6, 6.07) is 13.0. The third-order valence-electron chi connectivity index (χ3n) is 7.06. The standard InChI is InChI=1S/C25H29N3O2S/c1-16-5-4-8-22(26-16)27-24(30)20-6-2-3-7-21(20)31-15-23(29)28-25-12-17-9-18(13-25)11-19(10-17)14-25/h2-8,17-19H,9-15H2,1H3,(H,28,29)(H,26,27,30). The molecular formula is C25H29N3O2S. The lowest BCUT2D eigenvalue weighted by Crippen LogP contribution is -2.60. The monoisotopic (exact) mass is 435 g/mol. The molecule has 6 heteroatoms. The lowest BCUT2D eigenvalue weighted by molar-refractivity contribution is -0.124. The predicted octanol–water partition coefficient (Wildman–Crippen LogP) is 4.82. The van der Waals surface area contributed by atoms with Gasteiger partial charge in [-0.2, -0.15) is 0 Å². The minimum absolute atomic E-state index is 0.0279. The molecule has 0 radical (unpaired) electrons. The highest BCUT2D eigenvalue weighted by Gasteiger charge is 2.51. The van der Waals surface area contributed by atoms with E-state index in [1.54, 1.807) is 12.1 Å². The first-order valence-electron chi connectivity index (χ1n) is 11.3. The van der Waals surface area contributed by atoms with Crippen LogP contribution in [0.2, 0.25) is 0 Å². The number of anilines is 1. The second-order valence-electron chi connectivity index (χ2n) is 9.65. The first-order chi connectivity index (χ1) is 15.0. The number of pyridine rings is 1. The maximum Gasteiger partial charge on any atom is 0.257 e. The van der Waals surface area contributed by atoms with Gasteiger partial charge in [-0.05, 0) is 87.5 Å². The van der Waals surface area contributed by atoms with Crippen molar-refractivity contribution in [3.8, 4) is 0 Å². The van der Waals surface area contributed by atoms with Crippen LogP contribution in [0.5, 0.6) is 0 Å². The molecule has 0 unspecified atom stereocenters. The summed E-state index contributed by atoms with van der Waals surface area (Å²) in [5.41, 5.74) is 1.44. The highest BCUT2D eigenvalue weighted by Crippen LogP contribution is 2.55. The molecule has 4 aliphatic carbocycles. The summed E-state index contributed by atoms with van der Waals surface area (Å²) in [5.74, 6) is 3.15. The zero-order valence-electron chi connectivity index (χ0n) is 17.9. The Morgan fingerprint density at radius 1 is 1.00 bits per heavy atom. The molecule has 0 saturated heterocycles. The molecule has 0 atom stereocenters. The lowest BCUT2D eigenvalue weighted by Gasteiger charge is -2.56. The van der Waals surface area contributed by atoms with E-state index < -0.39 is 0 Å². The van der Waals surface area contributed by atoms with Crippen molar-refractivity contribution in [2.45, 2.75) is 55.9 Å². The van der Waals surface area contributed by atoms with E-state index in [2.05, 4.69) is 15.6 Å². The molecule has 162 valence electrons. The van der Waals surface area contributed by atoms with E-state index in [-0.39, 0.29) is 17.4 Å². The summed E-state index contributed by atoms with van der Waals surface area (Å²) in [6.45, 7) is 1.89. The zero-order valence-corrected chi connectivity index (χ0v) is 18.7. The van der Waals surface area contributed by atoms with Crippen LogP contribution in [-0.4, -0.2) is 28.1 Å². The Balaban J connectivity index is 1.22. The van der Waals surface area contributed by atoms with Crippen LogP contribution in [0, 0.1) is 24.7 Å². The number of hydrogen-bond donors (Lipinski definition) is 2. The molecule has 1 aromatic heterocycles. The average Bonchev–Trinajstić information content (AvgIpc) is 2.71. The van der Waals surface area contributed by atoms with E-state index >= 15 is 0 Å². The Bertz CT molecular complexity index is 970. The Hall–Kier alpha value is -2.34. The number of amides is 2. The molecule has 31 heavy (non-hydrogen) atoms. The predicted molar refractivity (Wildman–Crippen MR) is 123 cm³/mol. The van der Waals surface area contributed by atoms with Crippen molar-refractivity contribution >= 4 is 29.4 Å². The van der Waals surface area contributed by atoms with Gasteiger partial charge in [0.25, 0.3) is 5.91 Å². The highest BCUT2D eigenvalue weighted by molar-refractivity contribution is 8.00. The van der Waals surface area contributed by atoms with E-state index in [4.69, 9.17) is 0 Å². The van der Waals surface area contributed by atoms with Gasteiger partial charge in [-0.25, -0.2) is 4.98 Å². The molecule has 4 bridgehead atoms. The van der Waals surface area contributed by atoms with Crippen molar-refractivity contribution in [1.29, 1.82) is 0 Å². The molecular weight excluding hydrogens is 406 g/mol. The van der Waals surface area contributed by atoms with Crippen LogP contribution < -0.4 is 10.6 Å². The van der Waals surface area contributed by atoms with E-state index in [0.717, 1.165) is 47.6 Å². The van der Waals surface area contributed by atoms with Crippen LogP contribution in [0.25, 0.3) is 0 Å². The van der Waals surface area contributed by atoms with Gasteiger partial charge in [0, 0.05) is 16.1 Å². The molecule has 4 saturated carbocycles.